The largest absolute Gasteiger partial charge is 0.384 e. The molecular weight excluding hydrogens is 233 g/mol. The molecule has 1 heterocycles. The fourth-order valence-electron chi connectivity index (χ4n) is 1.52. The minimum Gasteiger partial charge on any atom is -0.384 e. The van der Waals surface area contributed by atoms with Crippen LogP contribution in [0.2, 0.25) is 0 Å². The summed E-state index contributed by atoms with van der Waals surface area (Å²) in [5.41, 5.74) is 6.59. The van der Waals surface area contributed by atoms with Crippen LogP contribution in [0.5, 0.6) is 0 Å². The van der Waals surface area contributed by atoms with Gasteiger partial charge in [-0.1, -0.05) is 12.1 Å². The van der Waals surface area contributed by atoms with Crippen molar-refractivity contribution in [2.45, 2.75) is 6.92 Å². The first-order chi connectivity index (χ1) is 8.58. The molecule has 0 aliphatic carbocycles. The van der Waals surface area contributed by atoms with Gasteiger partial charge in [0.2, 0.25) is 0 Å². The van der Waals surface area contributed by atoms with Crippen molar-refractivity contribution in [2.24, 2.45) is 0 Å². The zero-order valence-corrected chi connectivity index (χ0v) is 9.77. The molecule has 4 nitrogen and oxygen atoms in total. The number of aromatic nitrogens is 1. The zero-order chi connectivity index (χ0) is 13.1. The van der Waals surface area contributed by atoms with Crippen molar-refractivity contribution < 1.29 is 9.18 Å². The lowest BCUT2D eigenvalue weighted by Crippen LogP contribution is -2.14. The smallest absolute Gasteiger partial charge is 0.257 e. The standard InChI is InChI=1S/C13H12FN3O/c1-8-3-2-4-10(14)12(8)17-13(18)9-5-6-11(15)16-7-9/h2-7H,1H3,(H2,15,16)(H,17,18). The second kappa shape index (κ2) is 4.83. The number of nitrogens with two attached hydrogens (primary N) is 1. The van der Waals surface area contributed by atoms with Crippen molar-refractivity contribution in [3.8, 4) is 0 Å². The second-order valence-corrected chi connectivity index (χ2v) is 3.86. The minimum absolute atomic E-state index is 0.180. The van der Waals surface area contributed by atoms with Gasteiger partial charge in [-0.25, -0.2) is 9.37 Å². The molecule has 0 aliphatic rings. The van der Waals surface area contributed by atoms with Crippen LogP contribution in [0.4, 0.5) is 15.9 Å². The molecule has 0 fully saturated rings. The Kier molecular flexibility index (Phi) is 3.23. The van der Waals surface area contributed by atoms with Gasteiger partial charge in [-0.3, -0.25) is 4.79 Å². The molecule has 0 spiro atoms. The van der Waals surface area contributed by atoms with E-state index in [1.807, 2.05) is 0 Å². The molecule has 0 bridgehead atoms. The number of hydrogen-bond donors (Lipinski definition) is 2. The van der Waals surface area contributed by atoms with Crippen LogP contribution in [0.3, 0.4) is 0 Å². The number of halogens is 1. The van der Waals surface area contributed by atoms with Crippen molar-refractivity contribution in [3.05, 3.63) is 53.5 Å². The Hall–Kier alpha value is -2.43. The number of nitrogens with zero attached hydrogens (tertiary/aromatic N) is 1. The zero-order valence-electron chi connectivity index (χ0n) is 9.77. The maximum Gasteiger partial charge on any atom is 0.257 e. The number of hydrogen-bond acceptors (Lipinski definition) is 3. The average Bonchev–Trinajstić information content (AvgIpc) is 2.34. The molecule has 1 aromatic carbocycles. The summed E-state index contributed by atoms with van der Waals surface area (Å²) in [5.74, 6) is -0.559. The van der Waals surface area contributed by atoms with E-state index in [0.29, 0.717) is 16.9 Å². The number of nitrogen functional groups attached to an aromatic ring is 1. The van der Waals surface area contributed by atoms with E-state index in [0.717, 1.165) is 0 Å². The van der Waals surface area contributed by atoms with E-state index in [-0.39, 0.29) is 5.69 Å². The van der Waals surface area contributed by atoms with Crippen molar-refractivity contribution >= 4 is 17.4 Å². The maximum absolute atomic E-state index is 13.5. The number of rotatable bonds is 2. The van der Waals surface area contributed by atoms with Crippen LogP contribution in [-0.4, -0.2) is 10.9 Å². The van der Waals surface area contributed by atoms with Gasteiger partial charge in [-0.2, -0.15) is 0 Å². The van der Waals surface area contributed by atoms with Crippen molar-refractivity contribution in [1.82, 2.24) is 4.98 Å². The van der Waals surface area contributed by atoms with Crippen LogP contribution in [-0.2, 0) is 0 Å². The summed E-state index contributed by atoms with van der Waals surface area (Å²) in [6, 6.07) is 7.66. The highest BCUT2D eigenvalue weighted by Crippen LogP contribution is 2.19. The first-order valence-corrected chi connectivity index (χ1v) is 5.36. The van der Waals surface area contributed by atoms with Crippen LogP contribution >= 0.6 is 0 Å². The van der Waals surface area contributed by atoms with Crippen LogP contribution in [0.15, 0.2) is 36.5 Å². The lowest BCUT2D eigenvalue weighted by atomic mass is 10.2. The molecule has 5 heteroatoms. The number of nitrogens with one attached hydrogen (secondary N) is 1. The molecule has 18 heavy (non-hydrogen) atoms. The maximum atomic E-state index is 13.5. The molecule has 2 aromatic rings. The highest BCUT2D eigenvalue weighted by molar-refractivity contribution is 6.04. The first kappa shape index (κ1) is 12.0. The summed E-state index contributed by atoms with van der Waals surface area (Å²) in [7, 11) is 0. The lowest BCUT2D eigenvalue weighted by molar-refractivity contribution is 0.102. The highest BCUT2D eigenvalue weighted by atomic mass is 19.1. The normalized spacial score (nSPS) is 10.1. The van der Waals surface area contributed by atoms with E-state index < -0.39 is 11.7 Å². The summed E-state index contributed by atoms with van der Waals surface area (Å²) >= 11 is 0. The third-order valence-corrected chi connectivity index (χ3v) is 2.51. The van der Waals surface area contributed by atoms with Crippen LogP contribution in [0, 0.1) is 12.7 Å². The van der Waals surface area contributed by atoms with Crippen LogP contribution in [0.1, 0.15) is 15.9 Å². The lowest BCUT2D eigenvalue weighted by Gasteiger charge is -2.09. The van der Waals surface area contributed by atoms with E-state index in [2.05, 4.69) is 10.3 Å². The van der Waals surface area contributed by atoms with Gasteiger partial charge in [0.25, 0.3) is 5.91 Å². The number of amides is 1. The molecule has 3 N–H and O–H groups in total. The summed E-state index contributed by atoms with van der Waals surface area (Å²) in [6.45, 7) is 1.72. The van der Waals surface area contributed by atoms with E-state index in [1.165, 1.54) is 24.4 Å². The Bertz CT molecular complexity index is 561. The van der Waals surface area contributed by atoms with Gasteiger partial charge in [-0.15, -0.1) is 0 Å². The molecule has 2 rings (SSSR count). The summed E-state index contributed by atoms with van der Waals surface area (Å²) < 4.78 is 13.5. The Morgan fingerprint density at radius 1 is 1.33 bits per heavy atom. The summed E-state index contributed by atoms with van der Waals surface area (Å²) in [4.78, 5) is 15.7. The van der Waals surface area contributed by atoms with Gasteiger partial charge >= 0.3 is 0 Å². The van der Waals surface area contributed by atoms with Gasteiger partial charge < -0.3 is 11.1 Å². The molecule has 0 saturated heterocycles. The van der Waals surface area contributed by atoms with Crippen molar-refractivity contribution in [2.75, 3.05) is 11.1 Å². The third kappa shape index (κ3) is 2.45. The number of aryl methyl sites for hydroxylation is 1. The Labute approximate surface area is 104 Å². The fourth-order valence-corrected chi connectivity index (χ4v) is 1.52. The molecule has 0 saturated carbocycles. The Morgan fingerprint density at radius 2 is 2.11 bits per heavy atom. The molecule has 0 radical (unpaired) electrons. The van der Waals surface area contributed by atoms with Crippen molar-refractivity contribution in [1.29, 1.82) is 0 Å². The van der Waals surface area contributed by atoms with Gasteiger partial charge in [-0.05, 0) is 30.7 Å². The molecule has 0 aliphatic heterocycles. The monoisotopic (exact) mass is 245 g/mol. The molecule has 0 atom stereocenters. The Balaban J connectivity index is 2.24. The van der Waals surface area contributed by atoms with Gasteiger partial charge in [0.05, 0.1) is 11.3 Å². The van der Waals surface area contributed by atoms with Gasteiger partial charge in [0.15, 0.2) is 0 Å². The van der Waals surface area contributed by atoms with E-state index in [9.17, 15) is 9.18 Å². The number of carbonyl (C=O) groups excluding carboxylic acids is 1. The third-order valence-electron chi connectivity index (χ3n) is 2.51. The number of para-hydroxylation sites is 1. The van der Waals surface area contributed by atoms with Crippen LogP contribution in [0.25, 0.3) is 0 Å². The number of pyridine rings is 1. The quantitative estimate of drug-likeness (QED) is 0.853. The second-order valence-electron chi connectivity index (χ2n) is 3.86. The molecule has 0 unspecified atom stereocenters. The number of carbonyl (C=O) groups is 1. The van der Waals surface area contributed by atoms with E-state index >= 15 is 0 Å². The van der Waals surface area contributed by atoms with E-state index in [4.69, 9.17) is 5.73 Å². The SMILES string of the molecule is Cc1cccc(F)c1NC(=O)c1ccc(N)nc1. The molecule has 1 aromatic heterocycles. The van der Waals surface area contributed by atoms with E-state index in [1.54, 1.807) is 19.1 Å². The number of anilines is 2. The minimum atomic E-state index is -0.466. The Morgan fingerprint density at radius 3 is 2.72 bits per heavy atom. The first-order valence-electron chi connectivity index (χ1n) is 5.36. The fraction of sp³-hybridized carbons (Fsp3) is 0.0769. The summed E-state index contributed by atoms with van der Waals surface area (Å²) in [6.07, 6.45) is 1.35. The van der Waals surface area contributed by atoms with Crippen molar-refractivity contribution in [3.63, 3.8) is 0 Å². The van der Waals surface area contributed by atoms with Gasteiger partial charge in [0, 0.05) is 6.20 Å². The van der Waals surface area contributed by atoms with Gasteiger partial charge in [0.1, 0.15) is 11.6 Å². The van der Waals surface area contributed by atoms with Crippen LogP contribution < -0.4 is 11.1 Å². The number of benzene rings is 1. The summed E-state index contributed by atoms with van der Waals surface area (Å²) in [5, 5.41) is 2.52. The topological polar surface area (TPSA) is 68.0 Å². The predicted molar refractivity (Wildman–Crippen MR) is 67.7 cm³/mol. The molecular formula is C13H12FN3O. The predicted octanol–water partition coefficient (Wildman–Crippen LogP) is 2.36. The molecule has 92 valence electrons. The average molecular weight is 245 g/mol. The highest BCUT2D eigenvalue weighted by Gasteiger charge is 2.11. The molecule has 1 amide bonds.